The van der Waals surface area contributed by atoms with Crippen molar-refractivity contribution in [2.75, 3.05) is 13.7 Å². The number of methoxy groups -OCH3 is 1. The minimum atomic E-state index is -0.326. The number of carbonyl (C=O) groups excluding carboxylic acids is 2. The van der Waals surface area contributed by atoms with Crippen molar-refractivity contribution >= 4 is 23.6 Å². The largest absolute Gasteiger partial charge is 0.497 e. The molecule has 0 aliphatic carbocycles. The quantitative estimate of drug-likeness (QED) is 0.236. The highest BCUT2D eigenvalue weighted by atomic mass is 32.2. The molecular formula is C31H33NO5S. The van der Waals surface area contributed by atoms with Crippen LogP contribution in [0.3, 0.4) is 0 Å². The van der Waals surface area contributed by atoms with E-state index in [-0.39, 0.29) is 30.1 Å². The van der Waals surface area contributed by atoms with Gasteiger partial charge in [-0.1, -0.05) is 12.1 Å². The van der Waals surface area contributed by atoms with E-state index in [1.807, 2.05) is 36.4 Å². The lowest BCUT2D eigenvalue weighted by molar-refractivity contribution is 0.0359. The highest BCUT2D eigenvalue weighted by Gasteiger charge is 2.44. The van der Waals surface area contributed by atoms with Gasteiger partial charge in [0, 0.05) is 41.1 Å². The molecule has 0 saturated carbocycles. The predicted molar refractivity (Wildman–Crippen MR) is 148 cm³/mol. The van der Waals surface area contributed by atoms with E-state index < -0.39 is 0 Å². The molecule has 1 amide bonds. The number of fused-ring (bicyclic) bond motifs is 2. The summed E-state index contributed by atoms with van der Waals surface area (Å²) in [6.07, 6.45) is 3.71. The number of amides is 1. The van der Waals surface area contributed by atoms with Crippen LogP contribution in [0.4, 0.5) is 0 Å². The maximum atomic E-state index is 13.5. The third kappa shape index (κ3) is 5.99. The van der Waals surface area contributed by atoms with Crippen LogP contribution in [0.5, 0.6) is 11.5 Å². The van der Waals surface area contributed by atoms with Crippen LogP contribution in [0.15, 0.2) is 77.7 Å². The van der Waals surface area contributed by atoms with Crippen LogP contribution in [0.25, 0.3) is 0 Å². The third-order valence-electron chi connectivity index (χ3n) is 7.26. The average molecular weight is 532 g/mol. The summed E-state index contributed by atoms with van der Waals surface area (Å²) in [4.78, 5) is 28.6. The first kappa shape index (κ1) is 26.2. The van der Waals surface area contributed by atoms with Gasteiger partial charge in [0.2, 0.25) is 0 Å². The second-order valence-electron chi connectivity index (χ2n) is 9.71. The van der Waals surface area contributed by atoms with E-state index in [2.05, 4.69) is 29.2 Å². The third-order valence-corrected chi connectivity index (χ3v) is 8.34. The molecule has 3 aromatic carbocycles. The molecule has 6 nitrogen and oxygen atoms in total. The molecule has 2 fully saturated rings. The maximum Gasteiger partial charge on any atom is 0.338 e. The van der Waals surface area contributed by atoms with E-state index >= 15 is 0 Å². The van der Waals surface area contributed by atoms with Gasteiger partial charge in [-0.25, -0.2) is 4.79 Å². The fourth-order valence-corrected chi connectivity index (χ4v) is 6.22. The maximum absolute atomic E-state index is 13.5. The molecule has 2 heterocycles. The van der Waals surface area contributed by atoms with Crippen molar-refractivity contribution in [2.45, 2.75) is 61.4 Å². The summed E-state index contributed by atoms with van der Waals surface area (Å²) in [6, 6.07) is 23.6. The summed E-state index contributed by atoms with van der Waals surface area (Å²) in [7, 11) is 1.67. The number of hydrogen-bond acceptors (Lipinski definition) is 6. The van der Waals surface area contributed by atoms with Crippen molar-refractivity contribution in [2.24, 2.45) is 0 Å². The lowest BCUT2D eigenvalue weighted by atomic mass is 9.98. The van der Waals surface area contributed by atoms with Crippen LogP contribution in [0, 0.1) is 0 Å². The lowest BCUT2D eigenvalue weighted by Gasteiger charge is -2.39. The molecule has 2 unspecified atom stereocenters. The summed E-state index contributed by atoms with van der Waals surface area (Å²) in [5.41, 5.74) is 2.45. The Morgan fingerprint density at radius 2 is 1.45 bits per heavy atom. The molecule has 0 spiro atoms. The molecule has 7 heteroatoms. The molecule has 2 bridgehead atoms. The Labute approximate surface area is 228 Å². The predicted octanol–water partition coefficient (Wildman–Crippen LogP) is 6.38. The molecular weight excluding hydrogens is 498 g/mol. The summed E-state index contributed by atoms with van der Waals surface area (Å²) < 4.78 is 16.5. The molecule has 2 aliphatic rings. The molecule has 2 aliphatic heterocycles. The number of esters is 1. The normalized spacial score (nSPS) is 20.2. The Morgan fingerprint density at radius 1 is 0.842 bits per heavy atom. The molecule has 38 heavy (non-hydrogen) atoms. The van der Waals surface area contributed by atoms with Gasteiger partial charge in [-0.3, -0.25) is 4.79 Å². The van der Waals surface area contributed by atoms with Crippen molar-refractivity contribution < 1.29 is 23.8 Å². The highest BCUT2D eigenvalue weighted by molar-refractivity contribution is 7.98. The van der Waals surface area contributed by atoms with Gasteiger partial charge < -0.3 is 19.1 Å². The van der Waals surface area contributed by atoms with Gasteiger partial charge in [-0.15, -0.1) is 11.8 Å². The molecule has 0 N–H and O–H groups in total. The van der Waals surface area contributed by atoms with E-state index in [0.29, 0.717) is 12.2 Å². The summed E-state index contributed by atoms with van der Waals surface area (Å²) >= 11 is 1.76. The first-order valence-corrected chi connectivity index (χ1v) is 14.1. The standard InChI is InChI=1S/C31H33NO5S/c1-3-36-31(34)23-8-12-27(13-9-23)37-28-18-24-10-11-25(19-28)32(24)30(33)22-6-4-21(5-7-22)20-38-29-16-14-26(35-2)15-17-29/h4-9,12-17,24-25,28H,3,10-11,18-20H2,1-2H3. The van der Waals surface area contributed by atoms with Gasteiger partial charge in [0.1, 0.15) is 17.6 Å². The molecule has 198 valence electrons. The molecule has 5 rings (SSSR count). The van der Waals surface area contributed by atoms with Crippen LogP contribution in [-0.4, -0.2) is 48.7 Å². The molecule has 0 aromatic heterocycles. The van der Waals surface area contributed by atoms with Crippen LogP contribution in [-0.2, 0) is 10.5 Å². The summed E-state index contributed by atoms with van der Waals surface area (Å²) in [5, 5.41) is 0. The van der Waals surface area contributed by atoms with Crippen LogP contribution >= 0.6 is 11.8 Å². The second kappa shape index (κ2) is 11.9. The Bertz CT molecular complexity index is 1230. The number of ether oxygens (including phenoxy) is 3. The summed E-state index contributed by atoms with van der Waals surface area (Å²) in [5.74, 6) is 2.23. The fraction of sp³-hybridized carbons (Fsp3) is 0.355. The zero-order valence-electron chi connectivity index (χ0n) is 21.8. The first-order valence-electron chi connectivity index (χ1n) is 13.2. The number of carbonyl (C=O) groups is 2. The van der Waals surface area contributed by atoms with Crippen molar-refractivity contribution in [1.29, 1.82) is 0 Å². The first-order chi connectivity index (χ1) is 18.5. The van der Waals surface area contributed by atoms with Gasteiger partial charge in [-0.05, 0) is 86.0 Å². The zero-order valence-corrected chi connectivity index (χ0v) is 22.6. The van der Waals surface area contributed by atoms with Gasteiger partial charge in [0.05, 0.1) is 19.3 Å². The van der Waals surface area contributed by atoms with Crippen LogP contribution in [0.2, 0.25) is 0 Å². The monoisotopic (exact) mass is 531 g/mol. The zero-order chi connectivity index (χ0) is 26.5. The van der Waals surface area contributed by atoms with E-state index in [9.17, 15) is 9.59 Å². The highest BCUT2D eigenvalue weighted by Crippen LogP contribution is 2.38. The minimum Gasteiger partial charge on any atom is -0.497 e. The van der Waals surface area contributed by atoms with E-state index in [1.54, 1.807) is 37.9 Å². The number of rotatable bonds is 9. The Balaban J connectivity index is 1.15. The van der Waals surface area contributed by atoms with E-state index in [4.69, 9.17) is 14.2 Å². The van der Waals surface area contributed by atoms with E-state index in [1.165, 1.54) is 10.5 Å². The minimum absolute atomic E-state index is 0.0577. The number of benzene rings is 3. The molecule has 2 atom stereocenters. The van der Waals surface area contributed by atoms with Crippen LogP contribution in [0.1, 0.15) is 58.9 Å². The number of piperidine rings is 1. The Kier molecular flexibility index (Phi) is 8.23. The van der Waals surface area contributed by atoms with Gasteiger partial charge >= 0.3 is 5.97 Å². The van der Waals surface area contributed by atoms with Crippen molar-refractivity contribution in [3.8, 4) is 11.5 Å². The second-order valence-corrected chi connectivity index (χ2v) is 10.8. The summed E-state index contributed by atoms with van der Waals surface area (Å²) in [6.45, 7) is 2.14. The number of hydrogen-bond donors (Lipinski definition) is 0. The van der Waals surface area contributed by atoms with Crippen LogP contribution < -0.4 is 9.47 Å². The Hall–Kier alpha value is -3.45. The number of nitrogens with zero attached hydrogens (tertiary/aromatic N) is 1. The topological polar surface area (TPSA) is 65.1 Å². The fourth-order valence-electron chi connectivity index (χ4n) is 5.36. The SMILES string of the molecule is CCOC(=O)c1ccc(OC2CC3CCC(C2)N3C(=O)c2ccc(CSc3ccc(OC)cc3)cc2)cc1. The van der Waals surface area contributed by atoms with E-state index in [0.717, 1.165) is 48.5 Å². The molecule has 3 aromatic rings. The number of thioether (sulfide) groups is 1. The van der Waals surface area contributed by atoms with Crippen molar-refractivity contribution in [3.05, 3.63) is 89.5 Å². The van der Waals surface area contributed by atoms with Gasteiger partial charge in [0.25, 0.3) is 5.91 Å². The molecule has 2 saturated heterocycles. The van der Waals surface area contributed by atoms with Crippen molar-refractivity contribution in [1.82, 2.24) is 4.90 Å². The lowest BCUT2D eigenvalue weighted by Crippen LogP contribution is -2.49. The average Bonchev–Trinajstić information content (AvgIpc) is 3.22. The smallest absolute Gasteiger partial charge is 0.338 e. The molecule has 0 radical (unpaired) electrons. The van der Waals surface area contributed by atoms with Gasteiger partial charge in [-0.2, -0.15) is 0 Å². The van der Waals surface area contributed by atoms with Crippen molar-refractivity contribution in [3.63, 3.8) is 0 Å². The Morgan fingerprint density at radius 3 is 2.05 bits per heavy atom. The van der Waals surface area contributed by atoms with Gasteiger partial charge in [0.15, 0.2) is 0 Å².